The van der Waals surface area contributed by atoms with Gasteiger partial charge in [0.05, 0.1) is 23.5 Å². The van der Waals surface area contributed by atoms with E-state index in [1.54, 1.807) is 10.9 Å². The summed E-state index contributed by atoms with van der Waals surface area (Å²) in [4.78, 5) is 15.5. The molecule has 4 heteroatoms. The maximum atomic E-state index is 13.3. The van der Waals surface area contributed by atoms with Crippen molar-refractivity contribution >= 4 is 5.91 Å². The van der Waals surface area contributed by atoms with E-state index in [0.717, 1.165) is 31.4 Å². The Bertz CT molecular complexity index is 943. The van der Waals surface area contributed by atoms with Gasteiger partial charge in [-0.1, -0.05) is 42.5 Å². The van der Waals surface area contributed by atoms with Crippen LogP contribution in [0.1, 0.15) is 46.8 Å². The topological polar surface area (TPSA) is 38.1 Å². The number of nitrogens with zero attached hydrogens (tertiary/aromatic N) is 3. The summed E-state index contributed by atoms with van der Waals surface area (Å²) in [5.74, 6) is 0.108. The van der Waals surface area contributed by atoms with Crippen LogP contribution in [-0.4, -0.2) is 26.6 Å². The molecule has 1 saturated carbocycles. The molecule has 4 nitrogen and oxygen atoms in total. The van der Waals surface area contributed by atoms with Crippen molar-refractivity contribution in [3.8, 4) is 5.69 Å². The molecule has 1 fully saturated rings. The fourth-order valence-corrected chi connectivity index (χ4v) is 4.04. The van der Waals surface area contributed by atoms with Gasteiger partial charge in [-0.25, -0.2) is 4.68 Å². The van der Waals surface area contributed by atoms with Crippen molar-refractivity contribution in [1.82, 2.24) is 14.7 Å². The Kier molecular flexibility index (Phi) is 3.63. The molecule has 1 aromatic heterocycles. The Morgan fingerprint density at radius 2 is 1.77 bits per heavy atom. The molecule has 2 aromatic carbocycles. The van der Waals surface area contributed by atoms with E-state index in [1.165, 1.54) is 11.1 Å². The van der Waals surface area contributed by atoms with Crippen LogP contribution in [0, 0.1) is 0 Å². The highest BCUT2D eigenvalue weighted by Crippen LogP contribution is 2.42. The number of aromatic nitrogens is 2. The highest BCUT2D eigenvalue weighted by molar-refractivity contribution is 5.94. The summed E-state index contributed by atoms with van der Waals surface area (Å²) < 4.78 is 1.78. The fourth-order valence-electron chi connectivity index (χ4n) is 4.04. The van der Waals surface area contributed by atoms with Gasteiger partial charge in [0, 0.05) is 12.2 Å². The van der Waals surface area contributed by atoms with Crippen molar-refractivity contribution < 1.29 is 4.79 Å². The van der Waals surface area contributed by atoms with Crippen LogP contribution in [0.5, 0.6) is 0 Å². The first-order valence-corrected chi connectivity index (χ1v) is 9.32. The molecule has 0 radical (unpaired) electrons. The zero-order chi connectivity index (χ0) is 17.5. The van der Waals surface area contributed by atoms with Crippen LogP contribution in [0.3, 0.4) is 0 Å². The van der Waals surface area contributed by atoms with Gasteiger partial charge in [0.15, 0.2) is 0 Å². The number of carbonyl (C=O) groups is 1. The minimum absolute atomic E-state index is 0.108. The van der Waals surface area contributed by atoms with Crippen molar-refractivity contribution in [2.24, 2.45) is 0 Å². The summed E-state index contributed by atoms with van der Waals surface area (Å²) in [6.07, 6.45) is 7.85. The third-order valence-corrected chi connectivity index (χ3v) is 5.46. The number of aryl methyl sites for hydroxylation is 1. The van der Waals surface area contributed by atoms with Crippen molar-refractivity contribution in [3.63, 3.8) is 0 Å². The number of rotatable bonds is 4. The molecule has 0 bridgehead atoms. The van der Waals surface area contributed by atoms with Crippen molar-refractivity contribution in [2.45, 2.75) is 37.8 Å². The first-order valence-electron chi connectivity index (χ1n) is 9.32. The van der Waals surface area contributed by atoms with E-state index in [4.69, 9.17) is 0 Å². The smallest absolute Gasteiger partial charge is 0.257 e. The average Bonchev–Trinajstić information content (AvgIpc) is 3.24. The lowest BCUT2D eigenvalue weighted by atomic mass is 10.1. The molecule has 1 heterocycles. The van der Waals surface area contributed by atoms with Gasteiger partial charge in [-0.2, -0.15) is 5.10 Å². The lowest BCUT2D eigenvalue weighted by molar-refractivity contribution is 0.0658. The molecule has 0 saturated heterocycles. The van der Waals surface area contributed by atoms with Crippen LogP contribution in [0.15, 0.2) is 67.0 Å². The second kappa shape index (κ2) is 6.13. The number of hydrogen-bond donors (Lipinski definition) is 0. The lowest BCUT2D eigenvalue weighted by Crippen LogP contribution is -2.35. The summed E-state index contributed by atoms with van der Waals surface area (Å²) >= 11 is 0. The van der Waals surface area contributed by atoms with Crippen LogP contribution >= 0.6 is 0 Å². The Hall–Kier alpha value is -2.88. The quantitative estimate of drug-likeness (QED) is 0.713. The second-order valence-electron chi connectivity index (χ2n) is 7.21. The van der Waals surface area contributed by atoms with E-state index in [9.17, 15) is 4.79 Å². The molecule has 1 amide bonds. The molecule has 3 aromatic rings. The minimum Gasteiger partial charge on any atom is -0.329 e. The number of para-hydroxylation sites is 1. The Balaban J connectivity index is 1.46. The largest absolute Gasteiger partial charge is 0.329 e. The summed E-state index contributed by atoms with van der Waals surface area (Å²) in [7, 11) is 0. The summed E-state index contributed by atoms with van der Waals surface area (Å²) in [5, 5.41) is 4.41. The van der Waals surface area contributed by atoms with Gasteiger partial charge in [-0.3, -0.25) is 4.79 Å². The van der Waals surface area contributed by atoms with E-state index < -0.39 is 0 Å². The standard InChI is InChI=1S/C22H21N3O/c26-22(17-14-23-24(15-17)18-7-2-1-3-8-18)25(19-11-12-19)21-13-10-16-6-4-5-9-20(16)21/h1-9,14-15,19,21H,10-13H2. The summed E-state index contributed by atoms with van der Waals surface area (Å²) in [6.45, 7) is 0. The van der Waals surface area contributed by atoms with Gasteiger partial charge in [-0.05, 0) is 48.9 Å². The van der Waals surface area contributed by atoms with E-state index in [2.05, 4.69) is 34.3 Å². The van der Waals surface area contributed by atoms with Crippen LogP contribution in [0.25, 0.3) is 5.69 Å². The van der Waals surface area contributed by atoms with Crippen LogP contribution in [0.2, 0.25) is 0 Å². The van der Waals surface area contributed by atoms with E-state index in [-0.39, 0.29) is 11.9 Å². The predicted octanol–water partition coefficient (Wildman–Crippen LogP) is 4.16. The van der Waals surface area contributed by atoms with E-state index in [0.29, 0.717) is 11.6 Å². The summed E-state index contributed by atoms with van der Waals surface area (Å²) in [6, 6.07) is 19.0. The maximum Gasteiger partial charge on any atom is 0.257 e. The zero-order valence-electron chi connectivity index (χ0n) is 14.6. The number of amides is 1. The number of carbonyl (C=O) groups excluding carboxylic acids is 1. The molecule has 130 valence electrons. The monoisotopic (exact) mass is 343 g/mol. The zero-order valence-corrected chi connectivity index (χ0v) is 14.6. The number of hydrogen-bond acceptors (Lipinski definition) is 2. The van der Waals surface area contributed by atoms with Crippen LogP contribution < -0.4 is 0 Å². The molecule has 26 heavy (non-hydrogen) atoms. The molecular weight excluding hydrogens is 322 g/mol. The molecular formula is C22H21N3O. The Morgan fingerprint density at radius 3 is 2.58 bits per heavy atom. The molecule has 1 atom stereocenters. The molecule has 0 spiro atoms. The SMILES string of the molecule is O=C(c1cnn(-c2ccccc2)c1)N(C1CC1)C1CCc2ccccc21. The van der Waals surface area contributed by atoms with Crippen molar-refractivity contribution in [3.05, 3.63) is 83.7 Å². The minimum atomic E-state index is 0.108. The maximum absolute atomic E-state index is 13.3. The molecule has 0 N–H and O–H groups in total. The fraction of sp³-hybridized carbons (Fsp3) is 0.273. The van der Waals surface area contributed by atoms with Crippen molar-refractivity contribution in [2.75, 3.05) is 0 Å². The van der Waals surface area contributed by atoms with E-state index in [1.807, 2.05) is 36.5 Å². The first-order chi connectivity index (χ1) is 12.8. The third-order valence-electron chi connectivity index (χ3n) is 5.46. The van der Waals surface area contributed by atoms with Crippen LogP contribution in [0.4, 0.5) is 0 Å². The average molecular weight is 343 g/mol. The number of fused-ring (bicyclic) bond motifs is 1. The Morgan fingerprint density at radius 1 is 1.00 bits per heavy atom. The van der Waals surface area contributed by atoms with Crippen molar-refractivity contribution in [1.29, 1.82) is 0 Å². The Labute approximate surface area is 153 Å². The molecule has 1 unspecified atom stereocenters. The molecule has 5 rings (SSSR count). The molecule has 2 aliphatic rings. The van der Waals surface area contributed by atoms with Crippen LogP contribution in [-0.2, 0) is 6.42 Å². The second-order valence-corrected chi connectivity index (χ2v) is 7.21. The van der Waals surface area contributed by atoms with Gasteiger partial charge < -0.3 is 4.90 Å². The highest BCUT2D eigenvalue weighted by Gasteiger charge is 2.40. The molecule has 2 aliphatic carbocycles. The van der Waals surface area contributed by atoms with Gasteiger partial charge in [0.1, 0.15) is 0 Å². The van der Waals surface area contributed by atoms with Gasteiger partial charge in [0.25, 0.3) is 5.91 Å². The van der Waals surface area contributed by atoms with E-state index >= 15 is 0 Å². The normalized spacial score (nSPS) is 18.5. The van der Waals surface area contributed by atoms with Gasteiger partial charge in [-0.15, -0.1) is 0 Å². The van der Waals surface area contributed by atoms with Gasteiger partial charge in [0.2, 0.25) is 0 Å². The highest BCUT2D eigenvalue weighted by atomic mass is 16.2. The third kappa shape index (κ3) is 2.62. The van der Waals surface area contributed by atoms with Gasteiger partial charge >= 0.3 is 0 Å². The molecule has 0 aliphatic heterocycles. The summed E-state index contributed by atoms with van der Waals surface area (Å²) in [5.41, 5.74) is 4.35. The predicted molar refractivity (Wildman–Crippen MR) is 100 cm³/mol. The number of benzene rings is 2. The first kappa shape index (κ1) is 15.4. The lowest BCUT2D eigenvalue weighted by Gasteiger charge is -2.29.